The van der Waals surface area contributed by atoms with Crippen molar-refractivity contribution in [2.24, 2.45) is 5.11 Å². The zero-order chi connectivity index (χ0) is 12.8. The molecule has 0 saturated carbocycles. The maximum Gasteiger partial charge on any atom is 0.169 e. The molecule has 2 unspecified atom stereocenters. The molecule has 1 aromatic rings. The van der Waals surface area contributed by atoms with E-state index in [-0.39, 0.29) is 18.7 Å². The minimum absolute atomic E-state index is 0.0722. The van der Waals surface area contributed by atoms with Gasteiger partial charge < -0.3 is 10.2 Å². The highest BCUT2D eigenvalue weighted by atomic mass is 32.1. The average Bonchev–Trinajstić information content (AvgIpc) is 2.77. The van der Waals surface area contributed by atoms with E-state index >= 15 is 0 Å². The molecule has 17 heavy (non-hydrogen) atoms. The third kappa shape index (κ3) is 3.83. The number of carbonyl (C=O) groups excluding carboxylic acids is 1. The van der Waals surface area contributed by atoms with Crippen molar-refractivity contribution in [1.29, 1.82) is 0 Å². The van der Waals surface area contributed by atoms with Crippen LogP contribution in [0.3, 0.4) is 0 Å². The summed E-state index contributed by atoms with van der Waals surface area (Å²) in [6.45, 7) is 1.57. The van der Waals surface area contributed by atoms with E-state index in [2.05, 4.69) is 10.0 Å². The molecule has 0 fully saturated rings. The highest BCUT2D eigenvalue weighted by Gasteiger charge is 2.19. The van der Waals surface area contributed by atoms with Gasteiger partial charge in [-0.25, -0.2) is 0 Å². The lowest BCUT2D eigenvalue weighted by Gasteiger charge is -2.15. The van der Waals surface area contributed by atoms with Gasteiger partial charge in [-0.1, -0.05) is 5.11 Å². The Morgan fingerprint density at radius 3 is 2.88 bits per heavy atom. The van der Waals surface area contributed by atoms with E-state index in [1.165, 1.54) is 18.3 Å². The fourth-order valence-corrected chi connectivity index (χ4v) is 2.15. The van der Waals surface area contributed by atoms with Crippen molar-refractivity contribution in [1.82, 2.24) is 0 Å². The summed E-state index contributed by atoms with van der Waals surface area (Å²) >= 11 is 1.23. The number of carbonyl (C=O) groups is 1. The first-order chi connectivity index (χ1) is 8.06. The smallest absolute Gasteiger partial charge is 0.169 e. The van der Waals surface area contributed by atoms with Gasteiger partial charge in [0.05, 0.1) is 11.0 Å². The number of azide groups is 1. The molecular weight excluding hydrogens is 242 g/mol. The second-order valence-corrected chi connectivity index (χ2v) is 4.47. The van der Waals surface area contributed by atoms with Gasteiger partial charge >= 0.3 is 0 Å². The molecule has 0 aliphatic heterocycles. The van der Waals surface area contributed by atoms with Crippen LogP contribution in [0.25, 0.3) is 10.4 Å². The lowest BCUT2D eigenvalue weighted by Crippen LogP contribution is -2.18. The molecule has 0 aromatic carbocycles. The molecule has 7 heteroatoms. The third-order valence-electron chi connectivity index (χ3n) is 2.26. The van der Waals surface area contributed by atoms with Gasteiger partial charge in [-0.2, -0.15) is 0 Å². The first-order valence-corrected chi connectivity index (χ1v) is 5.90. The lowest BCUT2D eigenvalue weighted by molar-refractivity contribution is 0.0152. The van der Waals surface area contributed by atoms with Crippen LogP contribution >= 0.6 is 11.3 Å². The van der Waals surface area contributed by atoms with Gasteiger partial charge in [-0.3, -0.25) is 4.79 Å². The molecule has 92 valence electrons. The number of aliphatic hydroxyl groups is 2. The van der Waals surface area contributed by atoms with E-state index in [1.807, 2.05) is 0 Å². The van der Waals surface area contributed by atoms with Crippen LogP contribution in [0, 0.1) is 0 Å². The van der Waals surface area contributed by atoms with E-state index < -0.39 is 12.2 Å². The van der Waals surface area contributed by atoms with Gasteiger partial charge in [0, 0.05) is 11.5 Å². The van der Waals surface area contributed by atoms with E-state index in [1.54, 1.807) is 11.4 Å². The molecular formula is C10H13N3O3S. The summed E-state index contributed by atoms with van der Waals surface area (Å²) in [7, 11) is 0. The Labute approximate surface area is 102 Å². The summed E-state index contributed by atoms with van der Waals surface area (Å²) in [5, 5.41) is 24.3. The summed E-state index contributed by atoms with van der Waals surface area (Å²) in [5.41, 5.74) is 8.59. The number of thiophene rings is 1. The molecule has 0 aliphatic carbocycles. The Bertz CT molecular complexity index is 440. The summed E-state index contributed by atoms with van der Waals surface area (Å²) in [4.78, 5) is 14.2. The zero-order valence-corrected chi connectivity index (χ0v) is 10.1. The second-order valence-electron chi connectivity index (χ2n) is 3.56. The predicted molar refractivity (Wildman–Crippen MR) is 63.9 cm³/mol. The minimum atomic E-state index is -1.06. The van der Waals surface area contributed by atoms with Crippen molar-refractivity contribution in [3.8, 4) is 0 Å². The van der Waals surface area contributed by atoms with Crippen LogP contribution in [0.2, 0.25) is 0 Å². The molecule has 0 saturated heterocycles. The van der Waals surface area contributed by atoms with Crippen LogP contribution in [0.1, 0.15) is 34.7 Å². The first kappa shape index (κ1) is 13.7. The van der Waals surface area contributed by atoms with Crippen LogP contribution in [0.4, 0.5) is 0 Å². The van der Waals surface area contributed by atoms with E-state index in [9.17, 15) is 15.0 Å². The van der Waals surface area contributed by atoms with Gasteiger partial charge in [0.2, 0.25) is 0 Å². The molecule has 6 nitrogen and oxygen atoms in total. The first-order valence-electron chi connectivity index (χ1n) is 5.02. The molecule has 0 amide bonds. The Hall–Kier alpha value is -1.40. The summed E-state index contributed by atoms with van der Waals surface area (Å²) in [5.74, 6) is -0.0722. The maximum absolute atomic E-state index is 11.1. The number of hydrogen-bond donors (Lipinski definition) is 2. The summed E-state index contributed by atoms with van der Waals surface area (Å²) in [6, 6.07) is 1.56. The van der Waals surface area contributed by atoms with E-state index in [0.29, 0.717) is 10.4 Å². The standard InChI is InChI=1S/C10H13N3O3S/c1-6(14)9-4-7(5-17-9)10(16)8(15)2-3-12-13-11/h4-5,8,10,15-16H,2-3H2,1H3. The number of aliphatic hydroxyl groups excluding tert-OH is 2. The Kier molecular flexibility index (Phi) is 5.11. The van der Waals surface area contributed by atoms with Gasteiger partial charge in [-0.05, 0) is 35.9 Å². The third-order valence-corrected chi connectivity index (χ3v) is 3.31. The minimum Gasteiger partial charge on any atom is -0.390 e. The number of rotatable bonds is 6. The largest absolute Gasteiger partial charge is 0.390 e. The topological polar surface area (TPSA) is 106 Å². The molecule has 0 spiro atoms. The number of hydrogen-bond acceptors (Lipinski definition) is 5. The van der Waals surface area contributed by atoms with Crippen LogP contribution in [-0.4, -0.2) is 28.6 Å². The Balaban J connectivity index is 2.64. The van der Waals surface area contributed by atoms with E-state index in [0.717, 1.165) is 0 Å². The quantitative estimate of drug-likeness (QED) is 0.351. The van der Waals surface area contributed by atoms with Crippen molar-refractivity contribution in [2.75, 3.05) is 6.54 Å². The van der Waals surface area contributed by atoms with Crippen molar-refractivity contribution in [2.45, 2.75) is 25.6 Å². The van der Waals surface area contributed by atoms with Crippen LogP contribution < -0.4 is 0 Å². The summed E-state index contributed by atoms with van der Waals surface area (Å²) in [6.07, 6.45) is -1.89. The summed E-state index contributed by atoms with van der Waals surface area (Å²) < 4.78 is 0. The molecule has 0 aliphatic rings. The second kappa shape index (κ2) is 6.36. The maximum atomic E-state index is 11.1. The number of Topliss-reactive ketones (excluding diaryl/α,β-unsaturated/α-hetero) is 1. The predicted octanol–water partition coefficient (Wildman–Crippen LogP) is 2.05. The van der Waals surface area contributed by atoms with Crippen LogP contribution in [-0.2, 0) is 0 Å². The monoisotopic (exact) mass is 255 g/mol. The molecule has 1 rings (SSSR count). The van der Waals surface area contributed by atoms with E-state index in [4.69, 9.17) is 5.53 Å². The van der Waals surface area contributed by atoms with Crippen LogP contribution in [0.15, 0.2) is 16.6 Å². The molecule has 0 radical (unpaired) electrons. The lowest BCUT2D eigenvalue weighted by atomic mass is 10.0. The zero-order valence-electron chi connectivity index (χ0n) is 9.28. The highest BCUT2D eigenvalue weighted by Crippen LogP contribution is 2.24. The van der Waals surface area contributed by atoms with Gasteiger partial charge in [0.1, 0.15) is 6.10 Å². The molecule has 0 bridgehead atoms. The fourth-order valence-electron chi connectivity index (χ4n) is 1.31. The normalized spacial score (nSPS) is 13.8. The van der Waals surface area contributed by atoms with Crippen molar-refractivity contribution in [3.63, 3.8) is 0 Å². The highest BCUT2D eigenvalue weighted by molar-refractivity contribution is 7.12. The SMILES string of the molecule is CC(=O)c1cc(C(O)C(O)CCN=[N+]=[N-])cs1. The van der Waals surface area contributed by atoms with Crippen molar-refractivity contribution < 1.29 is 15.0 Å². The molecule has 1 aromatic heterocycles. The van der Waals surface area contributed by atoms with Crippen LogP contribution in [0.5, 0.6) is 0 Å². The number of nitrogens with zero attached hydrogens (tertiary/aromatic N) is 3. The Morgan fingerprint density at radius 1 is 1.65 bits per heavy atom. The Morgan fingerprint density at radius 2 is 2.35 bits per heavy atom. The van der Waals surface area contributed by atoms with Crippen molar-refractivity contribution >= 4 is 17.1 Å². The van der Waals surface area contributed by atoms with Crippen molar-refractivity contribution in [3.05, 3.63) is 32.3 Å². The number of ketones is 1. The molecule has 2 N–H and O–H groups in total. The van der Waals surface area contributed by atoms with Gasteiger partial charge in [0.15, 0.2) is 5.78 Å². The molecule has 1 heterocycles. The molecule has 2 atom stereocenters. The average molecular weight is 255 g/mol. The fraction of sp³-hybridized carbons (Fsp3) is 0.500. The van der Waals surface area contributed by atoms with Gasteiger partial charge in [-0.15, -0.1) is 11.3 Å². The van der Waals surface area contributed by atoms with Gasteiger partial charge in [0.25, 0.3) is 0 Å².